The van der Waals surface area contributed by atoms with Crippen LogP contribution in [0.4, 0.5) is 0 Å². The fourth-order valence-electron chi connectivity index (χ4n) is 1.48. The summed E-state index contributed by atoms with van der Waals surface area (Å²) in [5, 5.41) is 7.80. The van der Waals surface area contributed by atoms with Gasteiger partial charge in [-0.1, -0.05) is 17.3 Å². The quantitative estimate of drug-likeness (QED) is 0.931. The van der Waals surface area contributed by atoms with Crippen molar-refractivity contribution < 1.29 is 4.74 Å². The highest BCUT2D eigenvalue weighted by atomic mass is 79.9. The van der Waals surface area contributed by atoms with Gasteiger partial charge in [-0.25, -0.2) is 0 Å². The van der Waals surface area contributed by atoms with Gasteiger partial charge in [0.05, 0.1) is 10.7 Å². The highest BCUT2D eigenvalue weighted by Crippen LogP contribution is 2.29. The zero-order chi connectivity index (χ0) is 12.3. The lowest BCUT2D eigenvalue weighted by Gasteiger charge is -2.10. The lowest BCUT2D eigenvalue weighted by Crippen LogP contribution is -2.03. The van der Waals surface area contributed by atoms with Crippen LogP contribution in [0.2, 0.25) is 0 Å². The minimum atomic E-state index is 0.378. The molecule has 0 radical (unpaired) electrons. The van der Waals surface area contributed by atoms with Crippen LogP contribution in [0.25, 0.3) is 0 Å². The van der Waals surface area contributed by atoms with E-state index in [9.17, 15) is 0 Å². The zero-order valence-electron chi connectivity index (χ0n) is 9.43. The number of aryl methyl sites for hydroxylation is 1. The Morgan fingerprint density at radius 1 is 1.47 bits per heavy atom. The minimum Gasteiger partial charge on any atom is -0.486 e. The second kappa shape index (κ2) is 5.29. The molecule has 6 heteroatoms. The van der Waals surface area contributed by atoms with Crippen LogP contribution < -0.4 is 10.5 Å². The van der Waals surface area contributed by atoms with E-state index >= 15 is 0 Å². The second-order valence-corrected chi connectivity index (χ2v) is 4.46. The number of hydrogen-bond donors (Lipinski definition) is 1. The van der Waals surface area contributed by atoms with Gasteiger partial charge in [0.1, 0.15) is 18.1 Å². The molecule has 2 aromatic rings. The minimum absolute atomic E-state index is 0.378. The molecule has 2 rings (SSSR count). The molecule has 5 nitrogen and oxygen atoms in total. The van der Waals surface area contributed by atoms with E-state index in [2.05, 4.69) is 26.2 Å². The molecule has 0 aliphatic rings. The van der Waals surface area contributed by atoms with Crippen molar-refractivity contribution in [2.24, 2.45) is 12.8 Å². The van der Waals surface area contributed by atoms with E-state index in [0.717, 1.165) is 21.5 Å². The van der Waals surface area contributed by atoms with Gasteiger partial charge >= 0.3 is 0 Å². The fraction of sp³-hybridized carbons (Fsp3) is 0.273. The normalized spacial score (nSPS) is 10.5. The number of nitrogens with two attached hydrogens (primary N) is 1. The lowest BCUT2D eigenvalue weighted by molar-refractivity contribution is 0.296. The Kier molecular flexibility index (Phi) is 3.75. The SMILES string of the molecule is Cn1cc(COc2c(Br)cccc2CN)nn1. The van der Waals surface area contributed by atoms with Crippen molar-refractivity contribution in [3.63, 3.8) is 0 Å². The molecule has 0 saturated carbocycles. The first-order chi connectivity index (χ1) is 8.20. The van der Waals surface area contributed by atoms with Crippen LogP contribution in [-0.4, -0.2) is 15.0 Å². The summed E-state index contributed by atoms with van der Waals surface area (Å²) in [4.78, 5) is 0. The molecule has 1 heterocycles. The van der Waals surface area contributed by atoms with E-state index in [4.69, 9.17) is 10.5 Å². The van der Waals surface area contributed by atoms with Gasteiger partial charge in [-0.2, -0.15) is 0 Å². The Morgan fingerprint density at radius 3 is 2.94 bits per heavy atom. The van der Waals surface area contributed by atoms with E-state index in [1.54, 1.807) is 4.68 Å². The van der Waals surface area contributed by atoms with Gasteiger partial charge in [0.15, 0.2) is 0 Å². The van der Waals surface area contributed by atoms with Gasteiger partial charge in [0.25, 0.3) is 0 Å². The summed E-state index contributed by atoms with van der Waals surface area (Å²) in [6.45, 7) is 0.818. The number of benzene rings is 1. The molecule has 0 unspecified atom stereocenters. The standard InChI is InChI=1S/C11H13BrN4O/c1-16-6-9(14-15-16)7-17-11-8(5-13)3-2-4-10(11)12/h2-4,6H,5,7,13H2,1H3. The lowest BCUT2D eigenvalue weighted by atomic mass is 10.2. The van der Waals surface area contributed by atoms with Gasteiger partial charge in [-0.05, 0) is 22.0 Å². The van der Waals surface area contributed by atoms with E-state index in [-0.39, 0.29) is 0 Å². The first kappa shape index (κ1) is 12.1. The molecule has 0 atom stereocenters. The molecule has 2 N–H and O–H groups in total. The summed E-state index contributed by atoms with van der Waals surface area (Å²) in [7, 11) is 1.82. The predicted molar refractivity (Wildman–Crippen MR) is 67.4 cm³/mol. The predicted octanol–water partition coefficient (Wildman–Crippen LogP) is 1.62. The zero-order valence-corrected chi connectivity index (χ0v) is 11.0. The molecule has 90 valence electrons. The molecule has 0 aliphatic heterocycles. The summed E-state index contributed by atoms with van der Waals surface area (Å²) in [6, 6.07) is 5.80. The molecule has 0 aliphatic carbocycles. The second-order valence-electron chi connectivity index (χ2n) is 3.60. The smallest absolute Gasteiger partial charge is 0.138 e. The maximum atomic E-state index is 5.72. The maximum absolute atomic E-state index is 5.72. The van der Waals surface area contributed by atoms with Crippen molar-refractivity contribution in [1.29, 1.82) is 0 Å². The van der Waals surface area contributed by atoms with Gasteiger partial charge in [-0.3, -0.25) is 4.68 Å². The van der Waals surface area contributed by atoms with Crippen LogP contribution in [-0.2, 0) is 20.2 Å². The maximum Gasteiger partial charge on any atom is 0.138 e. The number of rotatable bonds is 4. The molecule has 0 spiro atoms. The van der Waals surface area contributed by atoms with Crippen LogP contribution in [0.3, 0.4) is 0 Å². The molecule has 0 amide bonds. The van der Waals surface area contributed by atoms with E-state index in [0.29, 0.717) is 13.2 Å². The summed E-state index contributed by atoms with van der Waals surface area (Å²) < 4.78 is 8.25. The molecule has 0 fully saturated rings. The van der Waals surface area contributed by atoms with Gasteiger partial charge < -0.3 is 10.5 Å². The van der Waals surface area contributed by atoms with E-state index < -0.39 is 0 Å². The third kappa shape index (κ3) is 2.83. The van der Waals surface area contributed by atoms with Crippen molar-refractivity contribution in [3.8, 4) is 5.75 Å². The largest absolute Gasteiger partial charge is 0.486 e. The number of halogens is 1. The number of aromatic nitrogens is 3. The monoisotopic (exact) mass is 296 g/mol. The average Bonchev–Trinajstić information content (AvgIpc) is 2.73. The average molecular weight is 297 g/mol. The highest BCUT2D eigenvalue weighted by Gasteiger charge is 2.08. The molecule has 1 aromatic heterocycles. The van der Waals surface area contributed by atoms with Crippen molar-refractivity contribution in [2.75, 3.05) is 0 Å². The topological polar surface area (TPSA) is 66.0 Å². The fourth-order valence-corrected chi connectivity index (χ4v) is 2.01. The van der Waals surface area contributed by atoms with Crippen LogP contribution in [0.15, 0.2) is 28.9 Å². The molecule has 17 heavy (non-hydrogen) atoms. The highest BCUT2D eigenvalue weighted by molar-refractivity contribution is 9.10. The Balaban J connectivity index is 2.13. The Morgan fingerprint density at radius 2 is 2.29 bits per heavy atom. The molecular formula is C11H13BrN4O. The summed E-state index contributed by atoms with van der Waals surface area (Å²) >= 11 is 3.44. The third-order valence-electron chi connectivity index (χ3n) is 2.28. The van der Waals surface area contributed by atoms with Crippen molar-refractivity contribution in [1.82, 2.24) is 15.0 Å². The van der Waals surface area contributed by atoms with Crippen molar-refractivity contribution >= 4 is 15.9 Å². The first-order valence-electron chi connectivity index (χ1n) is 5.16. The van der Waals surface area contributed by atoms with Gasteiger partial charge in [0, 0.05) is 19.2 Å². The van der Waals surface area contributed by atoms with Gasteiger partial charge in [0.2, 0.25) is 0 Å². The first-order valence-corrected chi connectivity index (χ1v) is 5.95. The number of hydrogen-bond acceptors (Lipinski definition) is 4. The van der Waals surface area contributed by atoms with Gasteiger partial charge in [-0.15, -0.1) is 5.10 Å². The summed E-state index contributed by atoms with van der Waals surface area (Å²) in [5.41, 5.74) is 7.40. The number of nitrogens with zero attached hydrogens (tertiary/aromatic N) is 3. The Bertz CT molecular complexity index is 512. The third-order valence-corrected chi connectivity index (χ3v) is 2.91. The molecule has 0 bridgehead atoms. The van der Waals surface area contributed by atoms with E-state index in [1.807, 2.05) is 31.4 Å². The van der Waals surface area contributed by atoms with Crippen molar-refractivity contribution in [3.05, 3.63) is 40.1 Å². The van der Waals surface area contributed by atoms with Crippen molar-refractivity contribution in [2.45, 2.75) is 13.2 Å². The number of para-hydroxylation sites is 1. The molecule has 0 saturated heterocycles. The Hall–Kier alpha value is -1.40. The summed E-state index contributed by atoms with van der Waals surface area (Å²) in [5.74, 6) is 0.764. The number of ether oxygens (including phenoxy) is 1. The van der Waals surface area contributed by atoms with Crippen LogP contribution in [0.5, 0.6) is 5.75 Å². The molecular weight excluding hydrogens is 284 g/mol. The van der Waals surface area contributed by atoms with Crippen LogP contribution in [0.1, 0.15) is 11.3 Å². The Labute approximate surface area is 108 Å². The van der Waals surface area contributed by atoms with Crippen LogP contribution in [0, 0.1) is 0 Å². The summed E-state index contributed by atoms with van der Waals surface area (Å²) in [6.07, 6.45) is 1.82. The van der Waals surface area contributed by atoms with Crippen LogP contribution >= 0.6 is 15.9 Å². The molecule has 1 aromatic carbocycles. The van der Waals surface area contributed by atoms with E-state index in [1.165, 1.54) is 0 Å².